The van der Waals surface area contributed by atoms with E-state index in [0.29, 0.717) is 18.8 Å². The van der Waals surface area contributed by atoms with Crippen LogP contribution in [0.4, 0.5) is 5.82 Å². The van der Waals surface area contributed by atoms with Gasteiger partial charge in [-0.1, -0.05) is 18.2 Å². The standard InChI is InChI=1S/C24H24N4O2S2/c1-16-17(2)32-23-21(16)22(25-20(26-23)15-31-18-7-4-3-5-8-18)27-10-12-28(13-11-27)24(29)19-9-6-14-30-19/h3-9,14H,10-13,15H2,1-2H3. The van der Waals surface area contributed by atoms with Gasteiger partial charge in [-0.25, -0.2) is 9.97 Å². The molecule has 0 aliphatic carbocycles. The fraction of sp³-hybridized carbons (Fsp3) is 0.292. The van der Waals surface area contributed by atoms with Gasteiger partial charge < -0.3 is 14.2 Å². The molecule has 1 aliphatic heterocycles. The third-order valence-electron chi connectivity index (χ3n) is 5.77. The minimum atomic E-state index is -0.0509. The first kappa shape index (κ1) is 21.0. The van der Waals surface area contributed by atoms with Crippen molar-refractivity contribution in [3.05, 3.63) is 70.8 Å². The molecule has 0 radical (unpaired) electrons. The van der Waals surface area contributed by atoms with E-state index < -0.39 is 0 Å². The van der Waals surface area contributed by atoms with Crippen molar-refractivity contribution in [3.63, 3.8) is 0 Å². The number of furan rings is 1. The molecule has 3 aromatic heterocycles. The Morgan fingerprint density at radius 2 is 1.84 bits per heavy atom. The number of aromatic nitrogens is 2. The zero-order chi connectivity index (χ0) is 22.1. The number of thioether (sulfide) groups is 1. The molecule has 0 atom stereocenters. The first-order chi connectivity index (χ1) is 15.6. The second kappa shape index (κ2) is 8.96. The Morgan fingerprint density at radius 1 is 1.06 bits per heavy atom. The highest BCUT2D eigenvalue weighted by Gasteiger charge is 2.27. The highest BCUT2D eigenvalue weighted by Crippen LogP contribution is 2.36. The van der Waals surface area contributed by atoms with E-state index in [1.54, 1.807) is 35.2 Å². The lowest BCUT2D eigenvalue weighted by Crippen LogP contribution is -2.49. The smallest absolute Gasteiger partial charge is 0.289 e. The summed E-state index contributed by atoms with van der Waals surface area (Å²) in [5, 5.41) is 1.15. The van der Waals surface area contributed by atoms with Gasteiger partial charge in [0.25, 0.3) is 5.91 Å². The molecule has 5 rings (SSSR count). The Balaban J connectivity index is 1.39. The van der Waals surface area contributed by atoms with Crippen LogP contribution >= 0.6 is 23.1 Å². The van der Waals surface area contributed by atoms with Crippen molar-refractivity contribution in [1.29, 1.82) is 0 Å². The number of carbonyl (C=O) groups excluding carboxylic acids is 1. The Morgan fingerprint density at radius 3 is 2.56 bits per heavy atom. The van der Waals surface area contributed by atoms with Crippen LogP contribution < -0.4 is 4.90 Å². The van der Waals surface area contributed by atoms with E-state index in [1.807, 2.05) is 23.1 Å². The van der Waals surface area contributed by atoms with Gasteiger partial charge in [-0.3, -0.25) is 4.79 Å². The van der Waals surface area contributed by atoms with Crippen molar-refractivity contribution in [2.45, 2.75) is 24.5 Å². The van der Waals surface area contributed by atoms with Gasteiger partial charge >= 0.3 is 0 Å². The summed E-state index contributed by atoms with van der Waals surface area (Å²) in [4.78, 5) is 30.2. The van der Waals surface area contributed by atoms with Crippen molar-refractivity contribution < 1.29 is 9.21 Å². The molecule has 6 nitrogen and oxygen atoms in total. The molecule has 8 heteroatoms. The number of hydrogen-bond acceptors (Lipinski definition) is 7. The normalized spacial score (nSPS) is 14.3. The summed E-state index contributed by atoms with van der Waals surface area (Å²) in [5.41, 5.74) is 1.25. The van der Waals surface area contributed by atoms with E-state index in [2.05, 4.69) is 30.9 Å². The molecule has 1 saturated heterocycles. The summed E-state index contributed by atoms with van der Waals surface area (Å²) in [6, 6.07) is 13.8. The van der Waals surface area contributed by atoms with Crippen LogP contribution in [0.5, 0.6) is 0 Å². The van der Waals surface area contributed by atoms with Crippen LogP contribution in [-0.4, -0.2) is 47.0 Å². The minimum absolute atomic E-state index is 0.0509. The van der Waals surface area contributed by atoms with Crippen molar-refractivity contribution in [1.82, 2.24) is 14.9 Å². The Kier molecular flexibility index (Phi) is 5.89. The Bertz CT molecular complexity index is 1230. The van der Waals surface area contributed by atoms with Crippen LogP contribution in [0.15, 0.2) is 58.0 Å². The van der Waals surface area contributed by atoms with Crippen molar-refractivity contribution in [3.8, 4) is 0 Å². The van der Waals surface area contributed by atoms with Crippen molar-refractivity contribution >= 4 is 45.0 Å². The molecule has 164 valence electrons. The number of hydrogen-bond donors (Lipinski definition) is 0. The monoisotopic (exact) mass is 464 g/mol. The van der Waals surface area contributed by atoms with Gasteiger partial charge in [-0.2, -0.15) is 0 Å². The number of amides is 1. The molecule has 4 heterocycles. The zero-order valence-electron chi connectivity index (χ0n) is 18.1. The largest absolute Gasteiger partial charge is 0.459 e. The Hall–Kier alpha value is -2.84. The number of piperazine rings is 1. The molecule has 0 unspecified atom stereocenters. The quantitative estimate of drug-likeness (QED) is 0.381. The maximum Gasteiger partial charge on any atom is 0.289 e. The van der Waals surface area contributed by atoms with Gasteiger partial charge in [0.2, 0.25) is 0 Å². The summed E-state index contributed by atoms with van der Waals surface area (Å²) in [7, 11) is 0. The molecular weight excluding hydrogens is 440 g/mol. The summed E-state index contributed by atoms with van der Waals surface area (Å²) in [5.74, 6) is 2.90. The average Bonchev–Trinajstić information content (AvgIpc) is 3.46. The third-order valence-corrected chi connectivity index (χ3v) is 7.87. The SMILES string of the molecule is Cc1sc2nc(CSc3ccccc3)nc(N3CCN(C(=O)c4ccco4)CC3)c2c1C. The second-order valence-corrected chi connectivity index (χ2v) is 10.0. The van der Waals surface area contributed by atoms with Crippen LogP contribution in [0.2, 0.25) is 0 Å². The molecule has 1 fully saturated rings. The molecule has 1 aromatic carbocycles. The molecule has 4 aromatic rings. The van der Waals surface area contributed by atoms with Gasteiger partial charge in [0.15, 0.2) is 5.76 Å². The van der Waals surface area contributed by atoms with Gasteiger partial charge in [0, 0.05) is 36.0 Å². The lowest BCUT2D eigenvalue weighted by Gasteiger charge is -2.35. The maximum absolute atomic E-state index is 12.6. The number of aryl methyl sites for hydroxylation is 2. The van der Waals surface area contributed by atoms with Crippen LogP contribution in [0.3, 0.4) is 0 Å². The minimum Gasteiger partial charge on any atom is -0.459 e. The molecule has 0 N–H and O–H groups in total. The lowest BCUT2D eigenvalue weighted by molar-refractivity contribution is 0.0714. The topological polar surface area (TPSA) is 62.5 Å². The molecule has 0 bridgehead atoms. The number of anilines is 1. The molecule has 1 amide bonds. The number of thiophene rings is 1. The number of carbonyl (C=O) groups is 1. The van der Waals surface area contributed by atoms with Gasteiger partial charge in [-0.15, -0.1) is 23.1 Å². The molecule has 0 saturated carbocycles. The number of benzene rings is 1. The molecule has 32 heavy (non-hydrogen) atoms. The number of nitrogens with zero attached hydrogens (tertiary/aromatic N) is 4. The van der Waals surface area contributed by atoms with Crippen molar-refractivity contribution in [2.24, 2.45) is 0 Å². The highest BCUT2D eigenvalue weighted by molar-refractivity contribution is 7.98. The van der Waals surface area contributed by atoms with Crippen molar-refractivity contribution in [2.75, 3.05) is 31.1 Å². The average molecular weight is 465 g/mol. The van der Waals surface area contributed by atoms with Gasteiger partial charge in [-0.05, 0) is 43.7 Å². The van der Waals surface area contributed by atoms with Crippen LogP contribution in [0.1, 0.15) is 26.8 Å². The first-order valence-electron chi connectivity index (χ1n) is 10.6. The summed E-state index contributed by atoms with van der Waals surface area (Å²) in [6.07, 6.45) is 1.54. The van der Waals surface area contributed by atoms with E-state index >= 15 is 0 Å². The lowest BCUT2D eigenvalue weighted by atomic mass is 10.2. The predicted molar refractivity (Wildman–Crippen MR) is 130 cm³/mol. The maximum atomic E-state index is 12.6. The van der Waals surface area contributed by atoms with Crippen LogP contribution in [-0.2, 0) is 5.75 Å². The summed E-state index contributed by atoms with van der Waals surface area (Å²) in [6.45, 7) is 7.04. The Labute approximate surface area is 195 Å². The second-order valence-electron chi connectivity index (χ2n) is 7.79. The summed E-state index contributed by atoms with van der Waals surface area (Å²) >= 11 is 3.48. The molecule has 1 aliphatic rings. The van der Waals surface area contributed by atoms with E-state index in [-0.39, 0.29) is 5.91 Å². The first-order valence-corrected chi connectivity index (χ1v) is 12.4. The fourth-order valence-electron chi connectivity index (χ4n) is 3.91. The van der Waals surface area contributed by atoms with E-state index in [1.165, 1.54) is 21.6 Å². The number of fused-ring (bicyclic) bond motifs is 1. The van der Waals surface area contributed by atoms with Crippen LogP contribution in [0, 0.1) is 13.8 Å². The number of rotatable bonds is 5. The van der Waals surface area contributed by atoms with Gasteiger partial charge in [0.1, 0.15) is 16.5 Å². The van der Waals surface area contributed by atoms with E-state index in [0.717, 1.165) is 40.7 Å². The molecular formula is C24H24N4O2S2. The summed E-state index contributed by atoms with van der Waals surface area (Å²) < 4.78 is 5.29. The van der Waals surface area contributed by atoms with Crippen LogP contribution in [0.25, 0.3) is 10.2 Å². The molecule has 0 spiro atoms. The van der Waals surface area contributed by atoms with Gasteiger partial charge in [0.05, 0.1) is 17.4 Å². The van der Waals surface area contributed by atoms with E-state index in [9.17, 15) is 4.79 Å². The third kappa shape index (κ3) is 4.12. The zero-order valence-corrected chi connectivity index (χ0v) is 19.7. The fourth-order valence-corrected chi connectivity index (χ4v) is 5.72. The highest BCUT2D eigenvalue weighted by atomic mass is 32.2. The predicted octanol–water partition coefficient (Wildman–Crippen LogP) is 5.16. The van der Waals surface area contributed by atoms with E-state index in [4.69, 9.17) is 14.4 Å².